The van der Waals surface area contributed by atoms with E-state index in [0.717, 1.165) is 18.9 Å². The summed E-state index contributed by atoms with van der Waals surface area (Å²) < 4.78 is 36.6. The molecule has 1 saturated heterocycles. The van der Waals surface area contributed by atoms with Crippen LogP contribution in [0.2, 0.25) is 0 Å². The van der Waals surface area contributed by atoms with Crippen LogP contribution in [0.3, 0.4) is 0 Å². The van der Waals surface area contributed by atoms with Crippen molar-refractivity contribution in [3.63, 3.8) is 0 Å². The number of pyridine rings is 1. The number of rotatable bonds is 3. The molecule has 1 aromatic heterocycles. The number of carboxylic acid groups (broad SMARTS) is 1. The summed E-state index contributed by atoms with van der Waals surface area (Å²) in [6, 6.07) is 1.01. The highest BCUT2D eigenvalue weighted by Crippen LogP contribution is 2.40. The van der Waals surface area contributed by atoms with Gasteiger partial charge in [0, 0.05) is 31.2 Å². The van der Waals surface area contributed by atoms with Crippen molar-refractivity contribution in [1.82, 2.24) is 9.88 Å². The van der Waals surface area contributed by atoms with Gasteiger partial charge in [0.05, 0.1) is 17.1 Å². The maximum Gasteiger partial charge on any atom is 0.511 e. The van der Waals surface area contributed by atoms with Gasteiger partial charge in [-0.1, -0.05) is 0 Å². The minimum atomic E-state index is -1.65. The molecule has 2 atom stereocenters. The first-order valence-electron chi connectivity index (χ1n) is 9.25. The molecule has 0 amide bonds. The minimum absolute atomic E-state index is 0.0134. The van der Waals surface area contributed by atoms with E-state index in [2.05, 4.69) is 10.1 Å². The molecular weight excluding hydrogens is 372 g/mol. The zero-order chi connectivity index (χ0) is 20.2. The first kappa shape index (κ1) is 18.7. The van der Waals surface area contributed by atoms with Crippen molar-refractivity contribution in [1.29, 1.82) is 0 Å². The van der Waals surface area contributed by atoms with Crippen molar-refractivity contribution in [2.45, 2.75) is 44.8 Å². The molecule has 0 bridgehead atoms. The highest BCUT2D eigenvalue weighted by Gasteiger charge is 2.32. The maximum absolute atomic E-state index is 15.6. The molecule has 1 aromatic carbocycles. The molecule has 2 heterocycles. The summed E-state index contributed by atoms with van der Waals surface area (Å²) in [5.74, 6) is -2.11. The molecule has 0 spiro atoms. The molecule has 2 aliphatic rings. The number of nitrogens with one attached hydrogen (secondary N) is 1. The minimum Gasteiger partial charge on any atom is -0.449 e. The summed E-state index contributed by atoms with van der Waals surface area (Å²) in [5.41, 5.74) is -1.02. The van der Waals surface area contributed by atoms with Crippen LogP contribution in [0.5, 0.6) is 5.75 Å². The van der Waals surface area contributed by atoms with E-state index in [1.165, 1.54) is 10.8 Å². The number of carbonyl (C=O) groups is 1. The van der Waals surface area contributed by atoms with Gasteiger partial charge in [-0.15, -0.1) is 0 Å². The van der Waals surface area contributed by atoms with Crippen LogP contribution in [-0.4, -0.2) is 41.0 Å². The van der Waals surface area contributed by atoms with E-state index in [4.69, 9.17) is 5.11 Å². The monoisotopic (exact) mass is 393 g/mol. The van der Waals surface area contributed by atoms with E-state index < -0.39 is 29.0 Å². The van der Waals surface area contributed by atoms with E-state index in [1.54, 1.807) is 4.90 Å². The van der Waals surface area contributed by atoms with E-state index in [-0.39, 0.29) is 34.7 Å². The van der Waals surface area contributed by atoms with Crippen LogP contribution in [0.1, 0.15) is 32.7 Å². The maximum atomic E-state index is 15.6. The number of hydrogen-bond acceptors (Lipinski definition) is 5. The Morgan fingerprint density at radius 2 is 1.89 bits per heavy atom. The van der Waals surface area contributed by atoms with Gasteiger partial charge < -0.3 is 24.6 Å². The van der Waals surface area contributed by atoms with Crippen molar-refractivity contribution < 1.29 is 23.4 Å². The van der Waals surface area contributed by atoms with Gasteiger partial charge in [0.25, 0.3) is 0 Å². The molecule has 7 nitrogen and oxygen atoms in total. The number of benzene rings is 1. The SMILES string of the molecule is CC1CN(c2c(F)cc3c(=O)c(OC(=O)O)cn(C4CC4)c3c2F)CC(C)N1. The van der Waals surface area contributed by atoms with E-state index in [1.807, 2.05) is 13.8 Å². The molecule has 2 N–H and O–H groups in total. The molecule has 2 fully saturated rings. The first-order chi connectivity index (χ1) is 13.3. The molecule has 2 unspecified atom stereocenters. The molecular formula is C19H21F2N3O4. The molecule has 2 aromatic rings. The Morgan fingerprint density at radius 1 is 1.25 bits per heavy atom. The number of hydrogen-bond donors (Lipinski definition) is 2. The third-order valence-corrected chi connectivity index (χ3v) is 5.16. The number of halogens is 2. The van der Waals surface area contributed by atoms with E-state index in [0.29, 0.717) is 13.1 Å². The van der Waals surface area contributed by atoms with E-state index in [9.17, 15) is 14.0 Å². The molecule has 4 rings (SSSR count). The van der Waals surface area contributed by atoms with Gasteiger partial charge in [-0.2, -0.15) is 0 Å². The number of ether oxygens (including phenoxy) is 1. The summed E-state index contributed by atoms with van der Waals surface area (Å²) >= 11 is 0. The molecule has 9 heteroatoms. The lowest BCUT2D eigenvalue weighted by atomic mass is 10.1. The third-order valence-electron chi connectivity index (χ3n) is 5.16. The fraction of sp³-hybridized carbons (Fsp3) is 0.474. The number of piperazine rings is 1. The summed E-state index contributed by atoms with van der Waals surface area (Å²) in [7, 11) is 0. The second-order valence-electron chi connectivity index (χ2n) is 7.62. The van der Waals surface area contributed by atoms with Crippen LogP contribution in [0.15, 0.2) is 17.1 Å². The number of nitrogens with zero attached hydrogens (tertiary/aromatic N) is 2. The van der Waals surface area contributed by atoms with Crippen molar-refractivity contribution >= 4 is 22.7 Å². The Morgan fingerprint density at radius 3 is 2.46 bits per heavy atom. The normalized spacial score (nSPS) is 22.5. The van der Waals surface area contributed by atoms with Gasteiger partial charge in [0.2, 0.25) is 5.43 Å². The highest BCUT2D eigenvalue weighted by atomic mass is 19.1. The summed E-state index contributed by atoms with van der Waals surface area (Å²) in [6.45, 7) is 4.74. The van der Waals surface area contributed by atoms with Crippen LogP contribution in [-0.2, 0) is 0 Å². The predicted molar refractivity (Wildman–Crippen MR) is 99.3 cm³/mol. The van der Waals surface area contributed by atoms with Crippen molar-refractivity contribution in [3.05, 3.63) is 34.1 Å². The Hall–Kier alpha value is -2.68. The largest absolute Gasteiger partial charge is 0.511 e. The van der Waals surface area contributed by atoms with Crippen LogP contribution in [0, 0.1) is 11.6 Å². The average molecular weight is 393 g/mol. The van der Waals surface area contributed by atoms with Gasteiger partial charge in [0.1, 0.15) is 11.5 Å². The summed E-state index contributed by atoms with van der Waals surface area (Å²) in [4.78, 5) is 25.1. The number of anilines is 1. The smallest absolute Gasteiger partial charge is 0.449 e. The van der Waals surface area contributed by atoms with Crippen LogP contribution >= 0.6 is 0 Å². The van der Waals surface area contributed by atoms with Gasteiger partial charge in [-0.25, -0.2) is 13.6 Å². The Kier molecular flexibility index (Phi) is 4.49. The Labute approximate surface area is 159 Å². The lowest BCUT2D eigenvalue weighted by molar-refractivity contribution is 0.143. The van der Waals surface area contributed by atoms with Crippen LogP contribution in [0.4, 0.5) is 19.3 Å². The molecule has 1 saturated carbocycles. The molecule has 1 aliphatic carbocycles. The lowest BCUT2D eigenvalue weighted by Crippen LogP contribution is -2.54. The summed E-state index contributed by atoms with van der Waals surface area (Å²) in [5, 5.41) is 11.9. The van der Waals surface area contributed by atoms with E-state index >= 15 is 4.39 Å². The van der Waals surface area contributed by atoms with Gasteiger partial charge in [-0.3, -0.25) is 4.79 Å². The molecule has 1 aliphatic heterocycles. The van der Waals surface area contributed by atoms with Gasteiger partial charge in [0.15, 0.2) is 11.6 Å². The third kappa shape index (κ3) is 3.19. The molecule has 150 valence electrons. The standard InChI is InChI=1S/C19H21F2N3O4/c1-9-6-23(7-10(2)22-9)17-13(20)5-12-16(15(17)21)24(11-3-4-11)8-14(18(12)25)28-19(26)27/h5,8-11,22H,3-4,6-7H2,1-2H3,(H,26,27). The van der Waals surface area contributed by atoms with Crippen molar-refractivity contribution in [2.24, 2.45) is 0 Å². The second kappa shape index (κ2) is 6.73. The topological polar surface area (TPSA) is 83.8 Å². The fourth-order valence-corrected chi connectivity index (χ4v) is 4.01. The first-order valence-corrected chi connectivity index (χ1v) is 9.25. The zero-order valence-electron chi connectivity index (χ0n) is 15.5. The average Bonchev–Trinajstić information content (AvgIpc) is 3.41. The van der Waals surface area contributed by atoms with Gasteiger partial charge in [-0.05, 0) is 32.8 Å². The highest BCUT2D eigenvalue weighted by molar-refractivity contribution is 5.86. The molecule has 28 heavy (non-hydrogen) atoms. The fourth-order valence-electron chi connectivity index (χ4n) is 4.01. The Balaban J connectivity index is 1.94. The summed E-state index contributed by atoms with van der Waals surface area (Å²) in [6.07, 6.45) is 1.08. The van der Waals surface area contributed by atoms with Crippen molar-refractivity contribution in [3.8, 4) is 5.75 Å². The quantitative estimate of drug-likeness (QED) is 0.781. The lowest BCUT2D eigenvalue weighted by Gasteiger charge is -2.38. The second-order valence-corrected chi connectivity index (χ2v) is 7.62. The predicted octanol–water partition coefficient (Wildman–Crippen LogP) is 2.86. The Bertz CT molecular complexity index is 1010. The molecule has 0 radical (unpaired) electrons. The number of fused-ring (bicyclic) bond motifs is 1. The van der Waals surface area contributed by atoms with Gasteiger partial charge >= 0.3 is 6.16 Å². The van der Waals surface area contributed by atoms with Crippen LogP contribution in [0.25, 0.3) is 10.9 Å². The van der Waals surface area contributed by atoms with Crippen LogP contribution < -0.4 is 20.4 Å². The van der Waals surface area contributed by atoms with Crippen molar-refractivity contribution in [2.75, 3.05) is 18.0 Å². The zero-order valence-corrected chi connectivity index (χ0v) is 15.5. The number of aromatic nitrogens is 1.